The van der Waals surface area contributed by atoms with E-state index in [0.717, 1.165) is 29.9 Å². The van der Waals surface area contributed by atoms with Crippen molar-refractivity contribution < 1.29 is 4.39 Å². The highest BCUT2D eigenvalue weighted by molar-refractivity contribution is 5.27. The van der Waals surface area contributed by atoms with Gasteiger partial charge in [0.05, 0.1) is 12.2 Å². The van der Waals surface area contributed by atoms with Crippen LogP contribution in [0.25, 0.3) is 0 Å². The number of hydrogen-bond acceptors (Lipinski definition) is 2. The molecule has 1 aromatic carbocycles. The molecule has 0 radical (unpaired) electrons. The first kappa shape index (κ1) is 13.7. The highest BCUT2D eigenvalue weighted by Gasteiger charge is 2.07. The van der Waals surface area contributed by atoms with E-state index < -0.39 is 0 Å². The van der Waals surface area contributed by atoms with Crippen LogP contribution >= 0.6 is 0 Å². The van der Waals surface area contributed by atoms with Crippen LogP contribution in [-0.2, 0) is 13.1 Å². The van der Waals surface area contributed by atoms with E-state index in [9.17, 15) is 4.39 Å². The molecule has 0 unspecified atom stereocenters. The van der Waals surface area contributed by atoms with E-state index in [2.05, 4.69) is 17.3 Å². The Kier molecular flexibility index (Phi) is 4.32. The van der Waals surface area contributed by atoms with E-state index in [1.807, 2.05) is 24.7 Å². The maximum absolute atomic E-state index is 13.3. The number of hydrogen-bond donors (Lipinski definition) is 1. The molecular formula is C15H20FN3. The Hall–Kier alpha value is -1.68. The second kappa shape index (κ2) is 5.97. The third-order valence-electron chi connectivity index (χ3n) is 3.26. The second-order valence-corrected chi connectivity index (χ2v) is 4.79. The van der Waals surface area contributed by atoms with Crippen molar-refractivity contribution in [2.75, 3.05) is 6.54 Å². The van der Waals surface area contributed by atoms with Crippen molar-refractivity contribution in [3.63, 3.8) is 0 Å². The summed E-state index contributed by atoms with van der Waals surface area (Å²) in [4.78, 5) is 0. The van der Waals surface area contributed by atoms with E-state index in [1.54, 1.807) is 12.1 Å². The Labute approximate surface area is 113 Å². The van der Waals surface area contributed by atoms with Crippen LogP contribution in [0.4, 0.5) is 4.39 Å². The smallest absolute Gasteiger partial charge is 0.123 e. The molecule has 1 heterocycles. The first-order valence-corrected chi connectivity index (χ1v) is 6.59. The van der Waals surface area contributed by atoms with Gasteiger partial charge in [0.1, 0.15) is 5.82 Å². The molecule has 0 aliphatic heterocycles. The number of aryl methyl sites for hydroxylation is 2. The van der Waals surface area contributed by atoms with E-state index >= 15 is 0 Å². The molecule has 0 spiro atoms. The molecule has 1 N–H and O–H groups in total. The van der Waals surface area contributed by atoms with Crippen molar-refractivity contribution in [3.8, 4) is 0 Å². The molecule has 2 aromatic rings. The van der Waals surface area contributed by atoms with Crippen LogP contribution in [0.5, 0.6) is 0 Å². The van der Waals surface area contributed by atoms with E-state index in [0.29, 0.717) is 6.54 Å². The zero-order valence-electron chi connectivity index (χ0n) is 11.7. The quantitative estimate of drug-likeness (QED) is 0.897. The van der Waals surface area contributed by atoms with Crippen LogP contribution in [-0.4, -0.2) is 16.3 Å². The predicted molar refractivity (Wildman–Crippen MR) is 74.6 cm³/mol. The second-order valence-electron chi connectivity index (χ2n) is 4.79. The molecule has 4 heteroatoms. The van der Waals surface area contributed by atoms with Gasteiger partial charge in [-0.15, -0.1) is 0 Å². The topological polar surface area (TPSA) is 29.9 Å². The predicted octanol–water partition coefficient (Wildman–Crippen LogP) is 2.80. The van der Waals surface area contributed by atoms with Crippen molar-refractivity contribution in [2.45, 2.75) is 33.9 Å². The number of halogens is 1. The Balaban J connectivity index is 2.17. The number of aromatic nitrogens is 2. The van der Waals surface area contributed by atoms with E-state index in [-0.39, 0.29) is 5.82 Å². The van der Waals surface area contributed by atoms with Crippen molar-refractivity contribution in [3.05, 3.63) is 52.6 Å². The van der Waals surface area contributed by atoms with Crippen molar-refractivity contribution in [1.82, 2.24) is 15.1 Å². The Bertz CT molecular complexity index is 561. The van der Waals surface area contributed by atoms with Crippen LogP contribution in [0, 0.1) is 19.7 Å². The fourth-order valence-electron chi connectivity index (χ4n) is 2.06. The summed E-state index contributed by atoms with van der Waals surface area (Å²) in [5, 5.41) is 7.77. The van der Waals surface area contributed by atoms with Gasteiger partial charge in [0.15, 0.2) is 0 Å². The van der Waals surface area contributed by atoms with Crippen molar-refractivity contribution >= 4 is 0 Å². The molecule has 0 atom stereocenters. The molecule has 1 aromatic heterocycles. The average Bonchev–Trinajstić information content (AvgIpc) is 2.72. The van der Waals surface area contributed by atoms with Gasteiger partial charge in [0.25, 0.3) is 0 Å². The van der Waals surface area contributed by atoms with Crippen molar-refractivity contribution in [1.29, 1.82) is 0 Å². The standard InChI is InChI=1S/C15H20FN3/c1-4-17-8-14-10-19(18-12(14)3)9-13-7-15(16)6-5-11(13)2/h5-7,10,17H,4,8-9H2,1-3H3. The number of nitrogens with one attached hydrogen (secondary N) is 1. The maximum atomic E-state index is 13.3. The van der Waals surface area contributed by atoms with Crippen LogP contribution in [0.1, 0.15) is 29.3 Å². The lowest BCUT2D eigenvalue weighted by atomic mass is 10.1. The summed E-state index contributed by atoms with van der Waals surface area (Å²) in [6.07, 6.45) is 2.03. The monoisotopic (exact) mass is 261 g/mol. The molecule has 0 aliphatic carbocycles. The Morgan fingerprint density at radius 2 is 2.05 bits per heavy atom. The molecule has 0 bridgehead atoms. The van der Waals surface area contributed by atoms with E-state index in [1.165, 1.54) is 11.6 Å². The van der Waals surface area contributed by atoms with Crippen LogP contribution in [0.15, 0.2) is 24.4 Å². The summed E-state index contributed by atoms with van der Waals surface area (Å²) in [6.45, 7) is 8.44. The summed E-state index contributed by atoms with van der Waals surface area (Å²) in [7, 11) is 0. The summed E-state index contributed by atoms with van der Waals surface area (Å²) < 4.78 is 15.1. The van der Waals surface area contributed by atoms with E-state index in [4.69, 9.17) is 0 Å². The SMILES string of the molecule is CCNCc1cn(Cc2cc(F)ccc2C)nc1C. The van der Waals surface area contributed by atoms with Gasteiger partial charge in [-0.1, -0.05) is 13.0 Å². The lowest BCUT2D eigenvalue weighted by Gasteiger charge is -2.06. The van der Waals surface area contributed by atoms with Gasteiger partial charge in [0.2, 0.25) is 0 Å². The highest BCUT2D eigenvalue weighted by Crippen LogP contribution is 2.13. The Morgan fingerprint density at radius 3 is 2.79 bits per heavy atom. The molecular weight excluding hydrogens is 241 g/mol. The first-order chi connectivity index (χ1) is 9.10. The molecule has 0 fully saturated rings. The van der Waals surface area contributed by atoms with Gasteiger partial charge in [-0.25, -0.2) is 4.39 Å². The van der Waals surface area contributed by atoms with Crippen LogP contribution in [0.3, 0.4) is 0 Å². The molecule has 0 amide bonds. The number of benzene rings is 1. The molecule has 3 nitrogen and oxygen atoms in total. The minimum atomic E-state index is -0.197. The van der Waals surface area contributed by atoms with Gasteiger partial charge in [0, 0.05) is 18.3 Å². The molecule has 0 saturated heterocycles. The summed E-state index contributed by atoms with van der Waals surface area (Å²) in [6, 6.07) is 4.88. The minimum Gasteiger partial charge on any atom is -0.313 e. The average molecular weight is 261 g/mol. The highest BCUT2D eigenvalue weighted by atomic mass is 19.1. The van der Waals surface area contributed by atoms with Crippen molar-refractivity contribution in [2.24, 2.45) is 0 Å². The lowest BCUT2D eigenvalue weighted by Crippen LogP contribution is -2.11. The molecule has 102 valence electrons. The Morgan fingerprint density at radius 1 is 1.26 bits per heavy atom. The maximum Gasteiger partial charge on any atom is 0.123 e. The summed E-state index contributed by atoms with van der Waals surface area (Å²) in [5.74, 6) is -0.197. The van der Waals surface area contributed by atoms with Gasteiger partial charge in [-0.3, -0.25) is 4.68 Å². The fourth-order valence-corrected chi connectivity index (χ4v) is 2.06. The molecule has 0 saturated carbocycles. The lowest BCUT2D eigenvalue weighted by molar-refractivity contribution is 0.617. The summed E-state index contributed by atoms with van der Waals surface area (Å²) in [5.41, 5.74) is 4.27. The van der Waals surface area contributed by atoms with Crippen LogP contribution in [0.2, 0.25) is 0 Å². The van der Waals surface area contributed by atoms with Gasteiger partial charge < -0.3 is 5.32 Å². The molecule has 19 heavy (non-hydrogen) atoms. The number of rotatable bonds is 5. The molecule has 2 rings (SSSR count). The zero-order chi connectivity index (χ0) is 13.8. The third-order valence-corrected chi connectivity index (χ3v) is 3.26. The van der Waals surface area contributed by atoms with Gasteiger partial charge in [-0.05, 0) is 43.7 Å². The molecule has 0 aliphatic rings. The number of nitrogens with zero attached hydrogens (tertiary/aromatic N) is 2. The largest absolute Gasteiger partial charge is 0.313 e. The summed E-state index contributed by atoms with van der Waals surface area (Å²) >= 11 is 0. The van der Waals surface area contributed by atoms with Crippen LogP contribution < -0.4 is 5.32 Å². The van der Waals surface area contributed by atoms with Gasteiger partial charge >= 0.3 is 0 Å². The minimum absolute atomic E-state index is 0.197. The fraction of sp³-hybridized carbons (Fsp3) is 0.400. The normalized spacial score (nSPS) is 10.9. The first-order valence-electron chi connectivity index (χ1n) is 6.59. The zero-order valence-corrected chi connectivity index (χ0v) is 11.7. The third kappa shape index (κ3) is 3.41. The van der Waals surface area contributed by atoms with Gasteiger partial charge in [-0.2, -0.15) is 5.10 Å².